The van der Waals surface area contributed by atoms with E-state index in [2.05, 4.69) is 27.2 Å². The zero-order valence-corrected chi connectivity index (χ0v) is 13.0. The lowest BCUT2D eigenvalue weighted by Gasteiger charge is -2.02. The minimum absolute atomic E-state index is 0.358. The summed E-state index contributed by atoms with van der Waals surface area (Å²) in [6.07, 6.45) is 0. The first-order valence-electron chi connectivity index (χ1n) is 7.32. The van der Waals surface area contributed by atoms with Gasteiger partial charge in [-0.05, 0) is 32.9 Å². The molecule has 0 aliphatic heterocycles. The number of para-hydroxylation sites is 1. The van der Waals surface area contributed by atoms with Gasteiger partial charge in [-0.3, -0.25) is 9.78 Å². The molecule has 114 valence electrons. The SMILES string of the molecule is CCn1nc(C)c(-c2n[nH]c(COc3ccccc3)n2)c1C. The maximum absolute atomic E-state index is 5.67. The highest BCUT2D eigenvalue weighted by Gasteiger charge is 2.17. The van der Waals surface area contributed by atoms with E-state index >= 15 is 0 Å². The Morgan fingerprint density at radius 3 is 2.64 bits per heavy atom. The van der Waals surface area contributed by atoms with Gasteiger partial charge in [0.2, 0.25) is 0 Å². The maximum Gasteiger partial charge on any atom is 0.185 e. The number of benzene rings is 1. The number of aromatic nitrogens is 5. The predicted octanol–water partition coefficient (Wildman–Crippen LogP) is 2.88. The molecule has 6 heteroatoms. The lowest BCUT2D eigenvalue weighted by Crippen LogP contribution is -1.99. The van der Waals surface area contributed by atoms with Crippen molar-refractivity contribution in [1.82, 2.24) is 25.0 Å². The van der Waals surface area contributed by atoms with Gasteiger partial charge >= 0.3 is 0 Å². The van der Waals surface area contributed by atoms with E-state index in [4.69, 9.17) is 4.74 Å². The zero-order valence-electron chi connectivity index (χ0n) is 13.0. The summed E-state index contributed by atoms with van der Waals surface area (Å²) in [6, 6.07) is 9.66. The van der Waals surface area contributed by atoms with Crippen molar-refractivity contribution < 1.29 is 4.74 Å². The van der Waals surface area contributed by atoms with E-state index in [-0.39, 0.29) is 0 Å². The molecule has 2 aromatic heterocycles. The van der Waals surface area contributed by atoms with Crippen molar-refractivity contribution in [1.29, 1.82) is 0 Å². The van der Waals surface area contributed by atoms with Crippen molar-refractivity contribution in [3.05, 3.63) is 47.5 Å². The molecule has 6 nitrogen and oxygen atoms in total. The first-order valence-corrected chi connectivity index (χ1v) is 7.32. The summed E-state index contributed by atoms with van der Waals surface area (Å²) in [5.41, 5.74) is 3.01. The van der Waals surface area contributed by atoms with Gasteiger partial charge in [0, 0.05) is 12.2 Å². The molecule has 0 saturated heterocycles. The molecule has 0 aliphatic carbocycles. The van der Waals surface area contributed by atoms with Gasteiger partial charge in [-0.25, -0.2) is 4.98 Å². The fraction of sp³-hybridized carbons (Fsp3) is 0.312. The normalized spacial score (nSPS) is 10.9. The van der Waals surface area contributed by atoms with Crippen LogP contribution < -0.4 is 4.74 Å². The molecule has 0 bridgehead atoms. The molecule has 0 fully saturated rings. The van der Waals surface area contributed by atoms with Gasteiger partial charge in [-0.1, -0.05) is 18.2 Å². The summed E-state index contributed by atoms with van der Waals surface area (Å²) < 4.78 is 7.63. The predicted molar refractivity (Wildman–Crippen MR) is 83.5 cm³/mol. The molecular weight excluding hydrogens is 278 g/mol. The Labute approximate surface area is 129 Å². The largest absolute Gasteiger partial charge is 0.486 e. The number of ether oxygens (including phenoxy) is 1. The molecule has 1 aromatic carbocycles. The first-order chi connectivity index (χ1) is 10.7. The number of aryl methyl sites for hydroxylation is 2. The summed E-state index contributed by atoms with van der Waals surface area (Å²) in [5, 5.41) is 11.7. The van der Waals surface area contributed by atoms with Crippen LogP contribution in [0.15, 0.2) is 30.3 Å². The molecule has 0 aliphatic rings. The Bertz CT molecular complexity index is 760. The van der Waals surface area contributed by atoms with Crippen molar-refractivity contribution in [3.8, 4) is 17.1 Å². The quantitative estimate of drug-likeness (QED) is 0.786. The molecule has 0 unspecified atom stereocenters. The number of rotatable bonds is 5. The summed E-state index contributed by atoms with van der Waals surface area (Å²) in [5.74, 6) is 2.18. The molecule has 0 saturated carbocycles. The van der Waals surface area contributed by atoms with Crippen molar-refractivity contribution in [3.63, 3.8) is 0 Å². The van der Waals surface area contributed by atoms with Crippen LogP contribution in [-0.2, 0) is 13.2 Å². The monoisotopic (exact) mass is 297 g/mol. The molecule has 3 aromatic rings. The second kappa shape index (κ2) is 6.01. The van der Waals surface area contributed by atoms with Gasteiger partial charge in [-0.2, -0.15) is 10.2 Å². The molecule has 2 heterocycles. The van der Waals surface area contributed by atoms with Crippen LogP contribution in [0.5, 0.6) is 5.75 Å². The number of hydrogen-bond donors (Lipinski definition) is 1. The molecule has 0 radical (unpaired) electrons. The number of hydrogen-bond acceptors (Lipinski definition) is 4. The van der Waals surface area contributed by atoms with Crippen molar-refractivity contribution in [2.75, 3.05) is 0 Å². The highest BCUT2D eigenvalue weighted by molar-refractivity contribution is 5.60. The maximum atomic E-state index is 5.67. The molecule has 22 heavy (non-hydrogen) atoms. The minimum Gasteiger partial charge on any atom is -0.486 e. The molecular formula is C16H19N5O. The van der Waals surface area contributed by atoms with Gasteiger partial charge in [0.05, 0.1) is 11.3 Å². The van der Waals surface area contributed by atoms with Gasteiger partial charge < -0.3 is 4.74 Å². The smallest absolute Gasteiger partial charge is 0.185 e. The number of nitrogens with one attached hydrogen (secondary N) is 1. The van der Waals surface area contributed by atoms with Crippen LogP contribution in [-0.4, -0.2) is 25.0 Å². The van der Waals surface area contributed by atoms with E-state index in [0.29, 0.717) is 18.3 Å². The fourth-order valence-corrected chi connectivity index (χ4v) is 2.47. The third-order valence-corrected chi connectivity index (χ3v) is 3.56. The molecule has 0 amide bonds. The molecule has 0 atom stereocenters. The Hall–Kier alpha value is -2.63. The lowest BCUT2D eigenvalue weighted by atomic mass is 10.2. The van der Waals surface area contributed by atoms with Crippen molar-refractivity contribution in [2.24, 2.45) is 0 Å². The van der Waals surface area contributed by atoms with E-state index in [0.717, 1.165) is 29.2 Å². The first kappa shape index (κ1) is 14.3. The lowest BCUT2D eigenvalue weighted by molar-refractivity contribution is 0.296. The number of H-pyrrole nitrogens is 1. The van der Waals surface area contributed by atoms with E-state index in [9.17, 15) is 0 Å². The summed E-state index contributed by atoms with van der Waals surface area (Å²) in [7, 11) is 0. The number of aromatic amines is 1. The average molecular weight is 297 g/mol. The van der Waals surface area contributed by atoms with Gasteiger partial charge in [-0.15, -0.1) is 0 Å². The van der Waals surface area contributed by atoms with Crippen LogP contribution in [0, 0.1) is 13.8 Å². The van der Waals surface area contributed by atoms with E-state index < -0.39 is 0 Å². The average Bonchev–Trinajstić information content (AvgIpc) is 3.10. The standard InChI is InChI=1S/C16H19N5O/c1-4-21-12(3)15(11(2)20-21)16-17-14(18-19-16)10-22-13-8-6-5-7-9-13/h5-9H,4,10H2,1-3H3,(H,17,18,19). The highest BCUT2D eigenvalue weighted by atomic mass is 16.5. The van der Waals surface area contributed by atoms with Crippen LogP contribution in [0.25, 0.3) is 11.4 Å². The van der Waals surface area contributed by atoms with Gasteiger partial charge in [0.25, 0.3) is 0 Å². The van der Waals surface area contributed by atoms with Crippen molar-refractivity contribution in [2.45, 2.75) is 33.9 Å². The van der Waals surface area contributed by atoms with Crippen molar-refractivity contribution >= 4 is 0 Å². The van der Waals surface area contributed by atoms with Gasteiger partial charge in [0.15, 0.2) is 11.6 Å². The van der Waals surface area contributed by atoms with E-state index in [1.54, 1.807) is 0 Å². The highest BCUT2D eigenvalue weighted by Crippen LogP contribution is 2.23. The molecule has 3 rings (SSSR count). The zero-order chi connectivity index (χ0) is 15.5. The molecule has 1 N–H and O–H groups in total. The third-order valence-electron chi connectivity index (χ3n) is 3.56. The Balaban J connectivity index is 1.78. The van der Waals surface area contributed by atoms with E-state index in [1.807, 2.05) is 48.9 Å². The number of nitrogens with zero attached hydrogens (tertiary/aromatic N) is 4. The van der Waals surface area contributed by atoms with Crippen LogP contribution in [0.2, 0.25) is 0 Å². The Morgan fingerprint density at radius 2 is 1.95 bits per heavy atom. The summed E-state index contributed by atoms with van der Waals surface area (Å²) in [4.78, 5) is 4.52. The Morgan fingerprint density at radius 1 is 1.18 bits per heavy atom. The van der Waals surface area contributed by atoms with Gasteiger partial charge in [0.1, 0.15) is 12.4 Å². The minimum atomic E-state index is 0.358. The summed E-state index contributed by atoms with van der Waals surface area (Å²) in [6.45, 7) is 7.28. The second-order valence-corrected chi connectivity index (χ2v) is 5.07. The third kappa shape index (κ3) is 2.72. The fourth-order valence-electron chi connectivity index (χ4n) is 2.47. The van der Waals surface area contributed by atoms with E-state index in [1.165, 1.54) is 0 Å². The summed E-state index contributed by atoms with van der Waals surface area (Å²) >= 11 is 0. The Kier molecular flexibility index (Phi) is 3.91. The molecule has 0 spiro atoms. The van der Waals surface area contributed by atoms with Crippen LogP contribution in [0.1, 0.15) is 24.1 Å². The van der Waals surface area contributed by atoms with Crippen LogP contribution in [0.3, 0.4) is 0 Å². The van der Waals surface area contributed by atoms with Crippen LogP contribution >= 0.6 is 0 Å². The van der Waals surface area contributed by atoms with Crippen LogP contribution in [0.4, 0.5) is 0 Å². The topological polar surface area (TPSA) is 68.6 Å². The second-order valence-electron chi connectivity index (χ2n) is 5.07.